The lowest BCUT2D eigenvalue weighted by Gasteiger charge is -2.27. The molecule has 154 valence electrons. The maximum atomic E-state index is 5.45. The molecule has 2 aromatic carbocycles. The number of morpholine rings is 1. The van der Waals surface area contributed by atoms with Crippen LogP contribution in [0.2, 0.25) is 0 Å². The van der Waals surface area contributed by atoms with E-state index in [1.165, 1.54) is 5.56 Å². The first-order valence-corrected chi connectivity index (χ1v) is 9.95. The van der Waals surface area contributed by atoms with Crippen LogP contribution in [0.1, 0.15) is 18.1 Å². The molecule has 1 saturated heterocycles. The van der Waals surface area contributed by atoms with Crippen molar-refractivity contribution in [3.63, 3.8) is 0 Å². The molecule has 3 aromatic rings. The number of hydrogen-bond acceptors (Lipinski definition) is 8. The Bertz CT molecular complexity index is 1000. The van der Waals surface area contributed by atoms with Gasteiger partial charge in [-0.3, -0.25) is 0 Å². The minimum atomic E-state index is 0.386. The van der Waals surface area contributed by atoms with Gasteiger partial charge in [0.25, 0.3) is 0 Å². The molecule has 4 rings (SSSR count). The second-order valence-corrected chi connectivity index (χ2v) is 7.05. The highest BCUT2D eigenvalue weighted by Crippen LogP contribution is 2.19. The molecule has 30 heavy (non-hydrogen) atoms. The number of hydrogen-bond donors (Lipinski definition) is 2. The van der Waals surface area contributed by atoms with E-state index in [0.29, 0.717) is 31.1 Å². The van der Waals surface area contributed by atoms with Crippen LogP contribution in [0.4, 0.5) is 23.5 Å². The highest BCUT2D eigenvalue weighted by Gasteiger charge is 2.17. The van der Waals surface area contributed by atoms with Gasteiger partial charge in [-0.05, 0) is 31.5 Å². The molecule has 0 unspecified atom stereocenters. The van der Waals surface area contributed by atoms with Crippen LogP contribution in [0.3, 0.4) is 0 Å². The van der Waals surface area contributed by atoms with Crippen LogP contribution in [0.25, 0.3) is 0 Å². The van der Waals surface area contributed by atoms with E-state index < -0.39 is 0 Å². The Morgan fingerprint density at radius 3 is 2.37 bits per heavy atom. The second-order valence-electron chi connectivity index (χ2n) is 7.05. The number of rotatable bonds is 6. The Kier molecular flexibility index (Phi) is 6.14. The third-order valence-electron chi connectivity index (χ3n) is 4.74. The molecule has 0 radical (unpaired) electrons. The molecule has 1 fully saturated rings. The largest absolute Gasteiger partial charge is 0.378 e. The summed E-state index contributed by atoms with van der Waals surface area (Å²) < 4.78 is 5.45. The number of nitrogens with zero attached hydrogens (tertiary/aromatic N) is 5. The minimum absolute atomic E-state index is 0.386. The summed E-state index contributed by atoms with van der Waals surface area (Å²) >= 11 is 0. The Balaban J connectivity index is 1.60. The Hall–Kier alpha value is -3.52. The normalized spacial score (nSPS) is 14.5. The third kappa shape index (κ3) is 5.09. The van der Waals surface area contributed by atoms with Gasteiger partial charge in [0, 0.05) is 18.8 Å². The molecule has 8 heteroatoms. The van der Waals surface area contributed by atoms with Crippen molar-refractivity contribution in [1.82, 2.24) is 15.0 Å². The highest BCUT2D eigenvalue weighted by molar-refractivity contribution is 5.98. The molecule has 1 aromatic heterocycles. The summed E-state index contributed by atoms with van der Waals surface area (Å²) in [5.74, 6) is 1.44. The summed E-state index contributed by atoms with van der Waals surface area (Å²) in [6.07, 6.45) is 0. The lowest BCUT2D eigenvalue weighted by atomic mass is 10.1. The zero-order chi connectivity index (χ0) is 20.8. The van der Waals surface area contributed by atoms with Gasteiger partial charge in [-0.2, -0.15) is 20.1 Å². The number of hydrazone groups is 1. The summed E-state index contributed by atoms with van der Waals surface area (Å²) in [4.78, 5) is 15.8. The van der Waals surface area contributed by atoms with E-state index in [0.717, 1.165) is 30.1 Å². The molecule has 0 amide bonds. The van der Waals surface area contributed by atoms with Crippen molar-refractivity contribution in [2.24, 2.45) is 5.10 Å². The van der Waals surface area contributed by atoms with E-state index >= 15 is 0 Å². The van der Waals surface area contributed by atoms with Crippen LogP contribution >= 0.6 is 0 Å². The van der Waals surface area contributed by atoms with Crippen molar-refractivity contribution in [1.29, 1.82) is 0 Å². The van der Waals surface area contributed by atoms with E-state index in [1.807, 2.05) is 61.5 Å². The number of ether oxygens (including phenoxy) is 1. The highest BCUT2D eigenvalue weighted by atomic mass is 16.5. The molecule has 2 N–H and O–H groups in total. The molecule has 0 saturated carbocycles. The van der Waals surface area contributed by atoms with Gasteiger partial charge >= 0.3 is 0 Å². The number of benzene rings is 2. The fourth-order valence-corrected chi connectivity index (χ4v) is 3.02. The zero-order valence-corrected chi connectivity index (χ0v) is 17.2. The summed E-state index contributed by atoms with van der Waals surface area (Å²) in [5, 5.41) is 7.72. The fraction of sp³-hybridized carbons (Fsp3) is 0.273. The van der Waals surface area contributed by atoms with E-state index in [2.05, 4.69) is 42.6 Å². The van der Waals surface area contributed by atoms with Gasteiger partial charge in [-0.1, -0.05) is 48.0 Å². The lowest BCUT2D eigenvalue weighted by molar-refractivity contribution is 0.122. The Morgan fingerprint density at radius 2 is 1.63 bits per heavy atom. The minimum Gasteiger partial charge on any atom is -0.378 e. The van der Waals surface area contributed by atoms with Crippen LogP contribution in [0.15, 0.2) is 59.7 Å². The molecular formula is C22H25N7O. The summed E-state index contributed by atoms with van der Waals surface area (Å²) in [7, 11) is 0. The quantitative estimate of drug-likeness (QED) is 0.480. The van der Waals surface area contributed by atoms with Crippen LogP contribution in [-0.4, -0.2) is 47.0 Å². The molecule has 8 nitrogen and oxygen atoms in total. The number of aryl methyl sites for hydroxylation is 1. The SMILES string of the molecule is CC(=NNc1nc(Nc2ccc(C)cc2)nc(N2CCOCC2)n1)c1ccccc1. The third-order valence-corrected chi connectivity index (χ3v) is 4.74. The first-order chi connectivity index (χ1) is 14.7. The van der Waals surface area contributed by atoms with Crippen molar-refractivity contribution in [3.8, 4) is 0 Å². The fourth-order valence-electron chi connectivity index (χ4n) is 3.02. The molecular weight excluding hydrogens is 378 g/mol. The average molecular weight is 403 g/mol. The number of nitrogens with one attached hydrogen (secondary N) is 2. The van der Waals surface area contributed by atoms with Crippen molar-refractivity contribution in [3.05, 3.63) is 65.7 Å². The van der Waals surface area contributed by atoms with Crippen molar-refractivity contribution in [2.75, 3.05) is 41.9 Å². The topological polar surface area (TPSA) is 87.6 Å². The van der Waals surface area contributed by atoms with Gasteiger partial charge in [-0.25, -0.2) is 5.43 Å². The maximum Gasteiger partial charge on any atom is 0.250 e. The van der Waals surface area contributed by atoms with E-state index in [1.54, 1.807) is 0 Å². The van der Waals surface area contributed by atoms with Gasteiger partial charge in [0.2, 0.25) is 17.8 Å². The Labute approximate surface area is 176 Å². The summed E-state index contributed by atoms with van der Waals surface area (Å²) in [6.45, 7) is 6.77. The summed E-state index contributed by atoms with van der Waals surface area (Å²) in [5.41, 5.74) is 6.97. The van der Waals surface area contributed by atoms with Gasteiger partial charge in [-0.15, -0.1) is 0 Å². The number of anilines is 4. The first kappa shape index (κ1) is 19.8. The summed E-state index contributed by atoms with van der Waals surface area (Å²) in [6, 6.07) is 18.0. The van der Waals surface area contributed by atoms with Crippen LogP contribution < -0.4 is 15.6 Å². The zero-order valence-electron chi connectivity index (χ0n) is 17.2. The van der Waals surface area contributed by atoms with Crippen molar-refractivity contribution in [2.45, 2.75) is 13.8 Å². The van der Waals surface area contributed by atoms with Gasteiger partial charge in [0.05, 0.1) is 18.9 Å². The smallest absolute Gasteiger partial charge is 0.250 e. The first-order valence-electron chi connectivity index (χ1n) is 9.95. The van der Waals surface area contributed by atoms with Gasteiger partial charge < -0.3 is 15.0 Å². The van der Waals surface area contributed by atoms with Crippen LogP contribution in [-0.2, 0) is 4.74 Å². The predicted octanol–water partition coefficient (Wildman–Crippen LogP) is 3.60. The monoisotopic (exact) mass is 403 g/mol. The van der Waals surface area contributed by atoms with Crippen molar-refractivity contribution >= 4 is 29.2 Å². The lowest BCUT2D eigenvalue weighted by Crippen LogP contribution is -2.37. The van der Waals surface area contributed by atoms with E-state index in [-0.39, 0.29) is 0 Å². The Morgan fingerprint density at radius 1 is 0.933 bits per heavy atom. The van der Waals surface area contributed by atoms with Crippen LogP contribution in [0, 0.1) is 6.92 Å². The molecule has 1 aliphatic rings. The molecule has 1 aliphatic heterocycles. The average Bonchev–Trinajstić information content (AvgIpc) is 2.80. The molecule has 0 spiro atoms. The van der Waals surface area contributed by atoms with Crippen molar-refractivity contribution < 1.29 is 4.74 Å². The molecule has 0 bridgehead atoms. The second kappa shape index (κ2) is 9.32. The number of aromatic nitrogens is 3. The maximum absolute atomic E-state index is 5.45. The van der Waals surface area contributed by atoms with Gasteiger partial charge in [0.15, 0.2) is 0 Å². The molecule has 0 aliphatic carbocycles. The molecule has 2 heterocycles. The van der Waals surface area contributed by atoms with Crippen LogP contribution in [0.5, 0.6) is 0 Å². The molecule has 0 atom stereocenters. The van der Waals surface area contributed by atoms with Gasteiger partial charge in [0.1, 0.15) is 0 Å². The van der Waals surface area contributed by atoms with E-state index in [4.69, 9.17) is 4.74 Å². The predicted molar refractivity (Wildman–Crippen MR) is 120 cm³/mol. The van der Waals surface area contributed by atoms with E-state index in [9.17, 15) is 0 Å². The standard InChI is InChI=1S/C22H25N7O/c1-16-8-10-19(11-9-16)23-20-24-21(26-22(25-20)29-12-14-30-15-13-29)28-27-17(2)18-6-4-3-5-7-18/h3-11H,12-15H2,1-2H3,(H2,23,24,25,26,28).